The quantitative estimate of drug-likeness (QED) is 0.821. The highest BCUT2D eigenvalue weighted by Crippen LogP contribution is 2.28. The fourth-order valence-electron chi connectivity index (χ4n) is 3.33. The third kappa shape index (κ3) is 4.60. The third-order valence-corrected chi connectivity index (χ3v) is 5.02. The van der Waals surface area contributed by atoms with Gasteiger partial charge in [-0.15, -0.1) is 0 Å². The molecule has 1 unspecified atom stereocenters. The summed E-state index contributed by atoms with van der Waals surface area (Å²) in [6.45, 7) is 4.50. The Kier molecular flexibility index (Phi) is 6.08. The number of ether oxygens (including phenoxy) is 3. The zero-order valence-corrected chi connectivity index (χ0v) is 15.0. The van der Waals surface area contributed by atoms with Crippen LogP contribution in [0.1, 0.15) is 25.3 Å². The Morgan fingerprint density at radius 1 is 1.04 bits per heavy atom. The molecule has 4 heteroatoms. The van der Waals surface area contributed by atoms with Crippen LogP contribution in [0, 0.1) is 0 Å². The van der Waals surface area contributed by atoms with Crippen molar-refractivity contribution in [3.05, 3.63) is 60.2 Å². The predicted molar refractivity (Wildman–Crippen MR) is 99.1 cm³/mol. The highest BCUT2D eigenvalue weighted by atomic mass is 16.5. The zero-order valence-electron chi connectivity index (χ0n) is 15.0. The SMILES string of the molecule is COC1(C(C)NCc2cccc(Oc3ccccc3)c2)CCOCC1. The van der Waals surface area contributed by atoms with E-state index in [0.717, 1.165) is 44.1 Å². The van der Waals surface area contributed by atoms with Gasteiger partial charge in [0.05, 0.1) is 5.60 Å². The van der Waals surface area contributed by atoms with Crippen LogP contribution in [0.2, 0.25) is 0 Å². The molecule has 1 N–H and O–H groups in total. The molecule has 1 aliphatic heterocycles. The van der Waals surface area contributed by atoms with Crippen LogP contribution in [0.25, 0.3) is 0 Å². The topological polar surface area (TPSA) is 39.7 Å². The maximum atomic E-state index is 5.91. The molecular weight excluding hydrogens is 314 g/mol. The normalized spacial score (nSPS) is 17.8. The molecule has 0 bridgehead atoms. The van der Waals surface area contributed by atoms with Crippen LogP contribution >= 0.6 is 0 Å². The molecule has 2 aromatic carbocycles. The van der Waals surface area contributed by atoms with E-state index in [4.69, 9.17) is 14.2 Å². The van der Waals surface area contributed by atoms with Gasteiger partial charge in [0.1, 0.15) is 11.5 Å². The molecule has 4 nitrogen and oxygen atoms in total. The Balaban J connectivity index is 1.60. The second kappa shape index (κ2) is 8.48. The van der Waals surface area contributed by atoms with Crippen LogP contribution in [0.3, 0.4) is 0 Å². The maximum Gasteiger partial charge on any atom is 0.127 e. The number of nitrogens with one attached hydrogen (secondary N) is 1. The Labute approximate surface area is 150 Å². The van der Waals surface area contributed by atoms with E-state index in [1.165, 1.54) is 5.56 Å². The zero-order chi connectivity index (χ0) is 17.5. The lowest BCUT2D eigenvalue weighted by atomic mass is 9.87. The van der Waals surface area contributed by atoms with Gasteiger partial charge in [-0.05, 0) is 36.8 Å². The molecule has 0 spiro atoms. The first-order valence-electron chi connectivity index (χ1n) is 8.90. The van der Waals surface area contributed by atoms with Crippen molar-refractivity contribution in [3.63, 3.8) is 0 Å². The van der Waals surface area contributed by atoms with Crippen molar-refractivity contribution in [2.75, 3.05) is 20.3 Å². The van der Waals surface area contributed by atoms with Gasteiger partial charge in [-0.25, -0.2) is 0 Å². The second-order valence-electron chi connectivity index (χ2n) is 6.55. The molecule has 3 rings (SSSR count). The molecule has 1 saturated heterocycles. The van der Waals surface area contributed by atoms with Crippen LogP contribution in [0.15, 0.2) is 54.6 Å². The molecule has 134 valence electrons. The van der Waals surface area contributed by atoms with E-state index in [0.29, 0.717) is 0 Å². The van der Waals surface area contributed by atoms with E-state index < -0.39 is 0 Å². The molecule has 0 saturated carbocycles. The smallest absolute Gasteiger partial charge is 0.127 e. The molecule has 1 aliphatic rings. The highest BCUT2D eigenvalue weighted by molar-refractivity contribution is 5.33. The van der Waals surface area contributed by atoms with Gasteiger partial charge in [0, 0.05) is 45.8 Å². The summed E-state index contributed by atoms with van der Waals surface area (Å²) in [6.07, 6.45) is 1.85. The minimum atomic E-state index is -0.142. The summed E-state index contributed by atoms with van der Waals surface area (Å²) in [6, 6.07) is 18.3. The van der Waals surface area contributed by atoms with Crippen molar-refractivity contribution in [1.82, 2.24) is 5.32 Å². The van der Waals surface area contributed by atoms with Gasteiger partial charge in [0.2, 0.25) is 0 Å². The first kappa shape index (κ1) is 17.9. The minimum Gasteiger partial charge on any atom is -0.457 e. The molecule has 0 radical (unpaired) electrons. The van der Waals surface area contributed by atoms with Crippen molar-refractivity contribution in [3.8, 4) is 11.5 Å². The summed E-state index contributed by atoms with van der Waals surface area (Å²) in [5.74, 6) is 1.70. The molecule has 0 amide bonds. The van der Waals surface area contributed by atoms with E-state index in [2.05, 4.69) is 24.4 Å². The first-order chi connectivity index (χ1) is 12.2. The lowest BCUT2D eigenvalue weighted by Crippen LogP contribution is -2.53. The molecule has 1 atom stereocenters. The summed E-state index contributed by atoms with van der Waals surface area (Å²) in [4.78, 5) is 0. The lowest BCUT2D eigenvalue weighted by molar-refractivity contribution is -0.107. The number of hydrogen-bond acceptors (Lipinski definition) is 4. The highest BCUT2D eigenvalue weighted by Gasteiger charge is 2.37. The van der Waals surface area contributed by atoms with Crippen molar-refractivity contribution >= 4 is 0 Å². The summed E-state index contributed by atoms with van der Waals surface area (Å²) in [5, 5.41) is 3.62. The molecule has 1 heterocycles. The van der Waals surface area contributed by atoms with Gasteiger partial charge in [0.15, 0.2) is 0 Å². The number of methoxy groups -OCH3 is 1. The summed E-state index contributed by atoms with van der Waals surface area (Å²) in [5.41, 5.74) is 1.05. The average Bonchev–Trinajstić information content (AvgIpc) is 2.68. The van der Waals surface area contributed by atoms with E-state index in [1.54, 1.807) is 7.11 Å². The Bertz CT molecular complexity index is 653. The van der Waals surface area contributed by atoms with Crippen LogP contribution in [-0.4, -0.2) is 32.0 Å². The van der Waals surface area contributed by atoms with Gasteiger partial charge >= 0.3 is 0 Å². The molecule has 0 aromatic heterocycles. The van der Waals surface area contributed by atoms with Crippen molar-refractivity contribution < 1.29 is 14.2 Å². The second-order valence-corrected chi connectivity index (χ2v) is 6.55. The Morgan fingerprint density at radius 2 is 1.76 bits per heavy atom. The van der Waals surface area contributed by atoms with Crippen LogP contribution in [-0.2, 0) is 16.0 Å². The van der Waals surface area contributed by atoms with Crippen molar-refractivity contribution in [2.24, 2.45) is 0 Å². The number of para-hydroxylation sites is 1. The van der Waals surface area contributed by atoms with E-state index in [-0.39, 0.29) is 11.6 Å². The first-order valence-corrected chi connectivity index (χ1v) is 8.90. The third-order valence-electron chi connectivity index (χ3n) is 5.02. The Hall–Kier alpha value is -1.88. The van der Waals surface area contributed by atoms with Crippen molar-refractivity contribution in [2.45, 2.75) is 38.0 Å². The minimum absolute atomic E-state index is 0.142. The van der Waals surface area contributed by atoms with Crippen LogP contribution < -0.4 is 10.1 Å². The fraction of sp³-hybridized carbons (Fsp3) is 0.429. The standard InChI is InChI=1S/C21H27NO3/c1-17(21(23-2)11-13-24-14-12-21)22-16-18-7-6-10-20(15-18)25-19-8-4-3-5-9-19/h3-10,15,17,22H,11-14,16H2,1-2H3. The van der Waals surface area contributed by atoms with Gasteiger partial charge in [0.25, 0.3) is 0 Å². The lowest BCUT2D eigenvalue weighted by Gasteiger charge is -2.41. The Morgan fingerprint density at radius 3 is 2.48 bits per heavy atom. The monoisotopic (exact) mass is 341 g/mol. The van der Waals surface area contributed by atoms with E-state index in [9.17, 15) is 0 Å². The summed E-state index contributed by atoms with van der Waals surface area (Å²) >= 11 is 0. The van der Waals surface area contributed by atoms with E-state index >= 15 is 0 Å². The molecule has 25 heavy (non-hydrogen) atoms. The summed E-state index contributed by atoms with van der Waals surface area (Å²) < 4.78 is 17.3. The fourth-order valence-corrected chi connectivity index (χ4v) is 3.33. The summed E-state index contributed by atoms with van der Waals surface area (Å²) in [7, 11) is 1.80. The maximum absolute atomic E-state index is 5.91. The predicted octanol–water partition coefficient (Wildman–Crippen LogP) is 4.15. The number of benzene rings is 2. The molecule has 2 aromatic rings. The van der Waals surface area contributed by atoms with Gasteiger partial charge in [-0.1, -0.05) is 30.3 Å². The van der Waals surface area contributed by atoms with Crippen molar-refractivity contribution in [1.29, 1.82) is 0 Å². The number of hydrogen-bond donors (Lipinski definition) is 1. The van der Waals surface area contributed by atoms with E-state index in [1.807, 2.05) is 42.5 Å². The average molecular weight is 341 g/mol. The number of rotatable bonds is 7. The van der Waals surface area contributed by atoms with Crippen LogP contribution in [0.4, 0.5) is 0 Å². The van der Waals surface area contributed by atoms with Gasteiger partial charge in [-0.2, -0.15) is 0 Å². The molecule has 1 fully saturated rings. The molecular formula is C21H27NO3. The largest absolute Gasteiger partial charge is 0.457 e. The van der Waals surface area contributed by atoms with Crippen LogP contribution in [0.5, 0.6) is 11.5 Å². The van der Waals surface area contributed by atoms with Gasteiger partial charge < -0.3 is 19.5 Å². The molecule has 0 aliphatic carbocycles. The van der Waals surface area contributed by atoms with Gasteiger partial charge in [-0.3, -0.25) is 0 Å².